The van der Waals surface area contributed by atoms with Crippen molar-refractivity contribution < 1.29 is 32.3 Å². The molecule has 0 atom stereocenters. The molecule has 0 bridgehead atoms. The van der Waals surface area contributed by atoms with Gasteiger partial charge >= 0.3 is 12.1 Å². The number of carbonyl (C=O) groups is 1. The summed E-state index contributed by atoms with van der Waals surface area (Å²) in [6.07, 6.45) is -2.81. The van der Waals surface area contributed by atoms with Crippen molar-refractivity contribution in [3.63, 3.8) is 0 Å². The number of hydrogen-bond donors (Lipinski definition) is 1. The summed E-state index contributed by atoms with van der Waals surface area (Å²) >= 11 is 0. The van der Waals surface area contributed by atoms with Crippen molar-refractivity contribution in [2.24, 2.45) is 0 Å². The Balaban J connectivity index is 1.49. The quantitative estimate of drug-likeness (QED) is 0.423. The van der Waals surface area contributed by atoms with Crippen molar-refractivity contribution >= 4 is 22.6 Å². The maximum absolute atomic E-state index is 13.9. The van der Waals surface area contributed by atoms with E-state index < -0.39 is 17.7 Å². The van der Waals surface area contributed by atoms with Gasteiger partial charge in [-0.05, 0) is 36.4 Å². The molecule has 182 valence electrons. The van der Waals surface area contributed by atoms with E-state index in [1.165, 1.54) is 6.07 Å². The molecule has 4 aromatic rings. The van der Waals surface area contributed by atoms with Crippen LogP contribution in [-0.4, -0.2) is 52.1 Å². The fourth-order valence-corrected chi connectivity index (χ4v) is 4.25. The summed E-state index contributed by atoms with van der Waals surface area (Å²) in [6.45, 7) is 1.80. The number of carboxylic acids is 1. The summed E-state index contributed by atoms with van der Waals surface area (Å²) < 4.78 is 54.2. The van der Waals surface area contributed by atoms with Crippen LogP contribution in [0.3, 0.4) is 0 Å². The topological polar surface area (TPSA) is 93.6 Å². The van der Waals surface area contributed by atoms with Gasteiger partial charge in [0, 0.05) is 53.5 Å². The van der Waals surface area contributed by atoms with Crippen LogP contribution >= 0.6 is 0 Å². The minimum absolute atomic E-state index is 0.0271. The van der Waals surface area contributed by atoms with Crippen LogP contribution in [-0.2, 0) is 22.3 Å². The first-order valence-electron chi connectivity index (χ1n) is 11.0. The first-order chi connectivity index (χ1) is 16.8. The Kier molecular flexibility index (Phi) is 5.93. The third-order valence-corrected chi connectivity index (χ3v) is 5.95. The van der Waals surface area contributed by atoms with E-state index in [1.54, 1.807) is 29.3 Å². The molecule has 8 nitrogen and oxygen atoms in total. The second-order valence-electron chi connectivity index (χ2n) is 8.14. The van der Waals surface area contributed by atoms with Crippen LogP contribution in [0.25, 0.3) is 33.7 Å². The molecule has 2 aromatic heterocycles. The molecule has 1 N–H and O–H groups in total. The molecule has 0 radical (unpaired) electrons. The van der Waals surface area contributed by atoms with Gasteiger partial charge in [0.2, 0.25) is 5.82 Å². The van der Waals surface area contributed by atoms with Gasteiger partial charge in [0.25, 0.3) is 5.89 Å². The number of fused-ring (bicyclic) bond motifs is 1. The molecule has 0 aliphatic carbocycles. The summed E-state index contributed by atoms with van der Waals surface area (Å²) in [5.41, 5.74) is 0.922. The number of ether oxygens (including phenoxy) is 1. The zero-order valence-electron chi connectivity index (χ0n) is 18.5. The van der Waals surface area contributed by atoms with Crippen molar-refractivity contribution in [2.75, 3.05) is 31.2 Å². The molecule has 0 saturated carbocycles. The molecular formula is C24H21F3N4O4. The third kappa shape index (κ3) is 4.59. The molecule has 5 rings (SSSR count). The molecule has 2 aromatic carbocycles. The number of rotatable bonds is 6. The summed E-state index contributed by atoms with van der Waals surface area (Å²) in [7, 11) is 0. The number of aliphatic carboxylic acids is 1. The highest BCUT2D eigenvalue weighted by atomic mass is 19.4. The van der Waals surface area contributed by atoms with Crippen molar-refractivity contribution in [1.82, 2.24) is 14.7 Å². The number of nitrogens with zero attached hydrogens (tertiary/aromatic N) is 4. The zero-order chi connectivity index (χ0) is 24.6. The van der Waals surface area contributed by atoms with Crippen molar-refractivity contribution in [1.29, 1.82) is 0 Å². The molecule has 0 amide bonds. The fourth-order valence-electron chi connectivity index (χ4n) is 4.25. The van der Waals surface area contributed by atoms with Gasteiger partial charge in [-0.25, -0.2) is 0 Å². The Hall–Kier alpha value is -3.86. The van der Waals surface area contributed by atoms with Gasteiger partial charge in [-0.1, -0.05) is 11.2 Å². The first-order valence-corrected chi connectivity index (χ1v) is 11.0. The maximum atomic E-state index is 13.9. The van der Waals surface area contributed by atoms with Gasteiger partial charge in [-0.3, -0.25) is 4.79 Å². The molecule has 0 unspecified atom stereocenters. The number of anilines is 1. The minimum atomic E-state index is -4.55. The van der Waals surface area contributed by atoms with Crippen molar-refractivity contribution in [2.45, 2.75) is 19.1 Å². The lowest BCUT2D eigenvalue weighted by molar-refractivity contribution is -0.138. The molecule has 3 heterocycles. The van der Waals surface area contributed by atoms with Crippen LogP contribution in [0.2, 0.25) is 0 Å². The van der Waals surface area contributed by atoms with E-state index in [0.717, 1.165) is 17.0 Å². The van der Waals surface area contributed by atoms with Crippen LogP contribution in [0, 0.1) is 0 Å². The molecule has 1 aliphatic heterocycles. The molecule has 0 spiro atoms. The van der Waals surface area contributed by atoms with E-state index in [1.807, 2.05) is 16.7 Å². The number of aromatic nitrogens is 3. The van der Waals surface area contributed by atoms with Gasteiger partial charge in [0.05, 0.1) is 25.2 Å². The molecule has 1 fully saturated rings. The first kappa shape index (κ1) is 22.9. The van der Waals surface area contributed by atoms with E-state index >= 15 is 0 Å². The number of benzene rings is 2. The third-order valence-electron chi connectivity index (χ3n) is 5.95. The number of morpholine rings is 1. The van der Waals surface area contributed by atoms with Gasteiger partial charge in [0.1, 0.15) is 0 Å². The number of hydrogen-bond acceptors (Lipinski definition) is 6. The van der Waals surface area contributed by atoms with Crippen LogP contribution in [0.4, 0.5) is 18.9 Å². The lowest BCUT2D eigenvalue weighted by atomic mass is 10.1. The summed E-state index contributed by atoms with van der Waals surface area (Å²) in [5, 5.41) is 13.7. The zero-order valence-corrected chi connectivity index (χ0v) is 18.5. The predicted molar refractivity (Wildman–Crippen MR) is 121 cm³/mol. The number of carboxylic acid groups (broad SMARTS) is 1. The average molecular weight is 486 g/mol. The molecule has 1 aliphatic rings. The lowest BCUT2D eigenvalue weighted by Crippen LogP contribution is -2.37. The SMILES string of the molecule is O=C(O)CCn1ccc2c(-c3nc(-c4ccc(N5CCOCC5)c(C(F)(F)F)c4)no3)cccc21. The van der Waals surface area contributed by atoms with E-state index in [4.69, 9.17) is 14.4 Å². The van der Waals surface area contributed by atoms with E-state index in [0.29, 0.717) is 38.4 Å². The van der Waals surface area contributed by atoms with Gasteiger partial charge < -0.3 is 23.8 Å². The monoisotopic (exact) mass is 486 g/mol. The Morgan fingerprint density at radius 1 is 1.11 bits per heavy atom. The summed E-state index contributed by atoms with van der Waals surface area (Å²) in [4.78, 5) is 17.0. The van der Waals surface area contributed by atoms with Crippen LogP contribution in [0.1, 0.15) is 12.0 Å². The standard InChI is InChI=1S/C24H21F3N4O4/c25-24(26,27)18-14-15(4-5-20(18)31-10-12-34-13-11-31)22-28-23(35-29-22)17-2-1-3-19-16(17)6-8-30(19)9-7-21(32)33/h1-6,8,14H,7,9-13H2,(H,32,33). The second-order valence-corrected chi connectivity index (χ2v) is 8.14. The summed E-state index contributed by atoms with van der Waals surface area (Å²) in [6, 6.07) is 11.2. The van der Waals surface area contributed by atoms with Crippen LogP contribution in [0.15, 0.2) is 53.2 Å². The highest BCUT2D eigenvalue weighted by Gasteiger charge is 2.36. The lowest BCUT2D eigenvalue weighted by Gasteiger charge is -2.31. The van der Waals surface area contributed by atoms with Gasteiger partial charge in [-0.15, -0.1) is 0 Å². The Morgan fingerprint density at radius 3 is 2.66 bits per heavy atom. The number of alkyl halides is 3. The Morgan fingerprint density at radius 2 is 1.91 bits per heavy atom. The maximum Gasteiger partial charge on any atom is 0.418 e. The highest BCUT2D eigenvalue weighted by Crippen LogP contribution is 2.39. The minimum Gasteiger partial charge on any atom is -0.481 e. The van der Waals surface area contributed by atoms with E-state index in [-0.39, 0.29) is 29.4 Å². The Labute approximate surface area is 197 Å². The van der Waals surface area contributed by atoms with Crippen LogP contribution in [0.5, 0.6) is 0 Å². The molecule has 11 heteroatoms. The molecular weight excluding hydrogens is 465 g/mol. The molecule has 35 heavy (non-hydrogen) atoms. The van der Waals surface area contributed by atoms with Crippen LogP contribution < -0.4 is 4.90 Å². The number of halogens is 3. The Bertz CT molecular complexity index is 1370. The highest BCUT2D eigenvalue weighted by molar-refractivity contribution is 5.93. The smallest absolute Gasteiger partial charge is 0.418 e. The van der Waals surface area contributed by atoms with Gasteiger partial charge in [0.15, 0.2) is 0 Å². The van der Waals surface area contributed by atoms with Gasteiger partial charge in [-0.2, -0.15) is 18.2 Å². The molecule has 1 saturated heterocycles. The van der Waals surface area contributed by atoms with Crippen molar-refractivity contribution in [3.8, 4) is 22.8 Å². The fraction of sp³-hybridized carbons (Fsp3) is 0.292. The normalized spacial score (nSPS) is 14.5. The summed E-state index contributed by atoms with van der Waals surface area (Å²) in [5.74, 6) is -0.698. The second kappa shape index (κ2) is 9.06. The van der Waals surface area contributed by atoms with E-state index in [9.17, 15) is 18.0 Å². The largest absolute Gasteiger partial charge is 0.481 e. The predicted octanol–water partition coefficient (Wildman–Crippen LogP) is 4.69. The average Bonchev–Trinajstić information content (AvgIpc) is 3.50. The van der Waals surface area contributed by atoms with E-state index in [2.05, 4.69) is 10.1 Å². The van der Waals surface area contributed by atoms with Crippen molar-refractivity contribution in [3.05, 3.63) is 54.2 Å². The number of aryl methyl sites for hydroxylation is 1.